The van der Waals surface area contributed by atoms with Crippen LogP contribution in [0.15, 0.2) is 53.7 Å². The number of halogens is 1. The molecule has 184 valence electrons. The van der Waals surface area contributed by atoms with E-state index < -0.39 is 0 Å². The SMILES string of the molecule is C[C@@H](Sc1nnc(CN2CCCCC2)n1-c1ccc(F)cc1)C(=O)N[C@@H]1CCCc2ccccc21. The van der Waals surface area contributed by atoms with E-state index in [1.165, 1.54) is 54.3 Å². The summed E-state index contributed by atoms with van der Waals surface area (Å²) >= 11 is 1.40. The van der Waals surface area contributed by atoms with Gasteiger partial charge in [0.15, 0.2) is 11.0 Å². The largest absolute Gasteiger partial charge is 0.348 e. The van der Waals surface area contributed by atoms with E-state index in [9.17, 15) is 9.18 Å². The number of fused-ring (bicyclic) bond motifs is 1. The average Bonchev–Trinajstić information content (AvgIpc) is 3.27. The predicted octanol–water partition coefficient (Wildman–Crippen LogP) is 5.07. The second-order valence-electron chi connectivity index (χ2n) is 9.46. The number of likely N-dealkylation sites (tertiary alicyclic amines) is 1. The number of nitrogens with one attached hydrogen (secondary N) is 1. The predicted molar refractivity (Wildman–Crippen MR) is 136 cm³/mol. The Morgan fingerprint density at radius 1 is 1.09 bits per heavy atom. The maximum atomic E-state index is 13.6. The quantitative estimate of drug-likeness (QED) is 0.466. The van der Waals surface area contributed by atoms with Crippen LogP contribution in [0.2, 0.25) is 0 Å². The number of benzene rings is 2. The molecule has 1 fully saturated rings. The van der Waals surface area contributed by atoms with Crippen molar-refractivity contribution in [3.8, 4) is 5.69 Å². The van der Waals surface area contributed by atoms with E-state index in [1.54, 1.807) is 12.1 Å². The maximum absolute atomic E-state index is 13.6. The first-order valence-corrected chi connectivity index (χ1v) is 13.4. The molecule has 1 aliphatic carbocycles. The number of nitrogens with zero attached hydrogens (tertiary/aromatic N) is 4. The highest BCUT2D eigenvalue weighted by atomic mass is 32.2. The molecule has 1 N–H and O–H groups in total. The van der Waals surface area contributed by atoms with Crippen molar-refractivity contribution in [3.05, 3.63) is 71.3 Å². The van der Waals surface area contributed by atoms with E-state index in [4.69, 9.17) is 0 Å². The Hall–Kier alpha value is -2.71. The second-order valence-corrected chi connectivity index (χ2v) is 10.8. The lowest BCUT2D eigenvalue weighted by atomic mass is 9.88. The Morgan fingerprint density at radius 3 is 2.66 bits per heavy atom. The second kappa shape index (κ2) is 10.9. The zero-order valence-electron chi connectivity index (χ0n) is 20.1. The first-order valence-electron chi connectivity index (χ1n) is 12.6. The van der Waals surface area contributed by atoms with E-state index in [-0.39, 0.29) is 23.0 Å². The van der Waals surface area contributed by atoms with Crippen molar-refractivity contribution in [2.45, 2.75) is 68.4 Å². The van der Waals surface area contributed by atoms with Crippen LogP contribution in [0.1, 0.15) is 62.0 Å². The molecule has 8 heteroatoms. The average molecular weight is 494 g/mol. The molecule has 1 aromatic heterocycles. The molecule has 1 amide bonds. The number of carbonyl (C=O) groups excluding carboxylic acids is 1. The van der Waals surface area contributed by atoms with Crippen LogP contribution in [0.5, 0.6) is 0 Å². The number of rotatable bonds is 7. The molecule has 5 rings (SSSR count). The fourth-order valence-electron chi connectivity index (χ4n) is 5.05. The lowest BCUT2D eigenvalue weighted by molar-refractivity contribution is -0.121. The molecule has 0 spiro atoms. The highest BCUT2D eigenvalue weighted by Gasteiger charge is 2.26. The van der Waals surface area contributed by atoms with Crippen LogP contribution in [0.25, 0.3) is 5.69 Å². The summed E-state index contributed by atoms with van der Waals surface area (Å²) in [5.74, 6) is 0.520. The number of thioether (sulfide) groups is 1. The maximum Gasteiger partial charge on any atom is 0.233 e. The number of hydrogen-bond acceptors (Lipinski definition) is 5. The molecule has 2 atom stereocenters. The molecule has 2 heterocycles. The van der Waals surface area contributed by atoms with Crippen LogP contribution in [0.4, 0.5) is 4.39 Å². The highest BCUT2D eigenvalue weighted by molar-refractivity contribution is 8.00. The van der Waals surface area contributed by atoms with Gasteiger partial charge < -0.3 is 5.32 Å². The van der Waals surface area contributed by atoms with Gasteiger partial charge in [0.05, 0.1) is 17.8 Å². The monoisotopic (exact) mass is 493 g/mol. The molecular formula is C27H32FN5OS. The zero-order chi connectivity index (χ0) is 24.2. The van der Waals surface area contributed by atoms with Crippen molar-refractivity contribution in [1.82, 2.24) is 25.0 Å². The van der Waals surface area contributed by atoms with Gasteiger partial charge in [-0.3, -0.25) is 14.3 Å². The number of piperidine rings is 1. The van der Waals surface area contributed by atoms with Gasteiger partial charge in [0.25, 0.3) is 0 Å². The third-order valence-electron chi connectivity index (χ3n) is 6.94. The smallest absolute Gasteiger partial charge is 0.233 e. The van der Waals surface area contributed by atoms with Gasteiger partial charge in [0.2, 0.25) is 5.91 Å². The van der Waals surface area contributed by atoms with Gasteiger partial charge in [0.1, 0.15) is 5.82 Å². The molecular weight excluding hydrogens is 461 g/mol. The fourth-order valence-corrected chi connectivity index (χ4v) is 5.95. The van der Waals surface area contributed by atoms with Crippen molar-refractivity contribution < 1.29 is 9.18 Å². The third-order valence-corrected chi connectivity index (χ3v) is 7.98. The summed E-state index contributed by atoms with van der Waals surface area (Å²) < 4.78 is 15.6. The summed E-state index contributed by atoms with van der Waals surface area (Å²) in [6, 6.07) is 14.8. The molecule has 0 unspecified atom stereocenters. The van der Waals surface area contributed by atoms with Crippen LogP contribution in [-0.4, -0.2) is 43.9 Å². The molecule has 0 radical (unpaired) electrons. The Bertz CT molecular complexity index is 1160. The lowest BCUT2D eigenvalue weighted by Gasteiger charge is -2.27. The number of hydrogen-bond donors (Lipinski definition) is 1. The fraction of sp³-hybridized carbons (Fsp3) is 0.444. The standard InChI is InChI=1S/C27H32FN5OS/c1-19(26(34)29-24-11-7-9-20-8-3-4-10-23(20)24)35-27-31-30-25(18-32-16-5-2-6-17-32)33(27)22-14-12-21(28)13-15-22/h3-4,8,10,12-15,19,24H,2,5-7,9,11,16-18H2,1H3,(H,29,34)/t19-,24-/m1/s1. The minimum atomic E-state index is -0.352. The minimum absolute atomic E-state index is 0.0112. The van der Waals surface area contributed by atoms with Crippen LogP contribution in [-0.2, 0) is 17.8 Å². The summed E-state index contributed by atoms with van der Waals surface area (Å²) in [6.07, 6.45) is 6.73. The number of aryl methyl sites for hydroxylation is 1. The van der Waals surface area contributed by atoms with Crippen molar-refractivity contribution in [2.24, 2.45) is 0 Å². The summed E-state index contributed by atoms with van der Waals surface area (Å²) in [5, 5.41) is 12.5. The molecule has 35 heavy (non-hydrogen) atoms. The van der Waals surface area contributed by atoms with E-state index in [0.717, 1.165) is 43.9 Å². The Morgan fingerprint density at radius 2 is 1.86 bits per heavy atom. The van der Waals surface area contributed by atoms with E-state index in [2.05, 4.69) is 38.6 Å². The Balaban J connectivity index is 1.34. The Labute approximate surface area is 210 Å². The Kier molecular flexibility index (Phi) is 7.48. The van der Waals surface area contributed by atoms with Crippen molar-refractivity contribution in [3.63, 3.8) is 0 Å². The number of amides is 1. The van der Waals surface area contributed by atoms with Crippen molar-refractivity contribution in [2.75, 3.05) is 13.1 Å². The normalized spacial score (nSPS) is 19.2. The summed E-state index contributed by atoms with van der Waals surface area (Å²) in [5.41, 5.74) is 3.35. The highest BCUT2D eigenvalue weighted by Crippen LogP contribution is 2.31. The summed E-state index contributed by atoms with van der Waals surface area (Å²) in [6.45, 7) is 4.67. The van der Waals surface area contributed by atoms with Gasteiger partial charge >= 0.3 is 0 Å². The van der Waals surface area contributed by atoms with Crippen molar-refractivity contribution in [1.29, 1.82) is 0 Å². The number of carbonyl (C=O) groups is 1. The van der Waals surface area contributed by atoms with E-state index in [1.807, 2.05) is 17.6 Å². The summed E-state index contributed by atoms with van der Waals surface area (Å²) in [7, 11) is 0. The first-order chi connectivity index (χ1) is 17.1. The molecule has 3 aromatic rings. The first kappa shape index (κ1) is 24.0. The zero-order valence-corrected chi connectivity index (χ0v) is 20.9. The molecule has 1 aliphatic heterocycles. The van der Waals surface area contributed by atoms with E-state index >= 15 is 0 Å². The molecule has 6 nitrogen and oxygen atoms in total. The topological polar surface area (TPSA) is 63.1 Å². The molecule has 0 bridgehead atoms. The third kappa shape index (κ3) is 5.59. The van der Waals surface area contributed by atoms with Gasteiger partial charge in [-0.1, -0.05) is 42.4 Å². The van der Waals surface area contributed by atoms with Gasteiger partial charge in [-0.05, 0) is 87.5 Å². The van der Waals surface area contributed by atoms with Crippen LogP contribution < -0.4 is 5.32 Å². The van der Waals surface area contributed by atoms with Gasteiger partial charge in [-0.2, -0.15) is 0 Å². The molecule has 2 aliphatic rings. The van der Waals surface area contributed by atoms with Crippen LogP contribution >= 0.6 is 11.8 Å². The van der Waals surface area contributed by atoms with Crippen molar-refractivity contribution >= 4 is 17.7 Å². The van der Waals surface area contributed by atoms with Crippen LogP contribution in [0.3, 0.4) is 0 Å². The minimum Gasteiger partial charge on any atom is -0.348 e. The molecule has 1 saturated heterocycles. The molecule has 0 saturated carbocycles. The van der Waals surface area contributed by atoms with Gasteiger partial charge in [-0.25, -0.2) is 4.39 Å². The van der Waals surface area contributed by atoms with E-state index in [0.29, 0.717) is 11.7 Å². The summed E-state index contributed by atoms with van der Waals surface area (Å²) in [4.78, 5) is 15.6. The van der Waals surface area contributed by atoms with Crippen LogP contribution in [0, 0.1) is 5.82 Å². The van der Waals surface area contributed by atoms with Gasteiger partial charge in [-0.15, -0.1) is 10.2 Å². The van der Waals surface area contributed by atoms with Gasteiger partial charge in [0, 0.05) is 5.69 Å². The lowest BCUT2D eigenvalue weighted by Crippen LogP contribution is -2.36. The molecule has 2 aromatic carbocycles. The number of aromatic nitrogens is 3.